The Morgan fingerprint density at radius 2 is 1.93 bits per heavy atom. The van der Waals surface area contributed by atoms with Gasteiger partial charge in [-0.15, -0.1) is 11.3 Å². The number of aromatic nitrogens is 1. The number of benzene rings is 2. The molecule has 4 aromatic rings. The van der Waals surface area contributed by atoms with Crippen LogP contribution in [0, 0.1) is 21.4 Å². The van der Waals surface area contributed by atoms with Crippen LogP contribution in [0.1, 0.15) is 10.8 Å². The molecule has 4 rings (SSSR count). The summed E-state index contributed by atoms with van der Waals surface area (Å²) in [6, 6.07) is 19.5. The van der Waals surface area contributed by atoms with Crippen LogP contribution >= 0.6 is 11.3 Å². The smallest absolute Gasteiger partial charge is 0.269 e. The van der Waals surface area contributed by atoms with E-state index in [-0.39, 0.29) is 5.69 Å². The lowest BCUT2D eigenvalue weighted by Gasteiger charge is -1.96. The van der Waals surface area contributed by atoms with Gasteiger partial charge in [0.15, 0.2) is 0 Å². The van der Waals surface area contributed by atoms with Crippen LogP contribution in [-0.4, -0.2) is 9.91 Å². The van der Waals surface area contributed by atoms with Crippen molar-refractivity contribution in [1.29, 1.82) is 5.26 Å². The number of nitriles is 1. The molecule has 0 aliphatic rings. The second kappa shape index (κ2) is 6.86. The summed E-state index contributed by atoms with van der Waals surface area (Å²) in [4.78, 5) is 14.8. The van der Waals surface area contributed by atoms with Gasteiger partial charge in [0.25, 0.3) is 5.69 Å². The van der Waals surface area contributed by atoms with Gasteiger partial charge in [-0.1, -0.05) is 12.1 Å². The zero-order chi connectivity index (χ0) is 18.8. The molecule has 0 bridgehead atoms. The third kappa shape index (κ3) is 3.34. The van der Waals surface area contributed by atoms with Gasteiger partial charge in [0.05, 0.1) is 20.7 Å². The summed E-state index contributed by atoms with van der Waals surface area (Å²) in [6.07, 6.45) is 1.65. The molecule has 0 radical (unpaired) electrons. The molecule has 0 N–H and O–H groups in total. The highest BCUT2D eigenvalue weighted by atomic mass is 32.1. The number of hydrogen-bond donors (Lipinski definition) is 0. The van der Waals surface area contributed by atoms with E-state index in [1.807, 2.05) is 24.3 Å². The fraction of sp³-hybridized carbons (Fsp3) is 0. The highest BCUT2D eigenvalue weighted by molar-refractivity contribution is 7.19. The number of rotatable bonds is 4. The molecule has 0 saturated carbocycles. The number of nitro benzene ring substituents is 1. The van der Waals surface area contributed by atoms with Gasteiger partial charge in [0, 0.05) is 23.8 Å². The number of furan rings is 1. The molecule has 0 amide bonds. The van der Waals surface area contributed by atoms with Gasteiger partial charge in [0.2, 0.25) is 0 Å². The quantitative estimate of drug-likeness (QED) is 0.266. The van der Waals surface area contributed by atoms with Crippen molar-refractivity contribution in [2.24, 2.45) is 0 Å². The Morgan fingerprint density at radius 3 is 2.63 bits per heavy atom. The monoisotopic (exact) mass is 373 g/mol. The Bertz CT molecular complexity index is 1180. The van der Waals surface area contributed by atoms with Crippen molar-refractivity contribution < 1.29 is 9.34 Å². The number of para-hydroxylation sites is 1. The maximum atomic E-state index is 10.7. The minimum absolute atomic E-state index is 0.0213. The van der Waals surface area contributed by atoms with Crippen molar-refractivity contribution in [1.82, 2.24) is 4.98 Å². The molecule has 0 spiro atoms. The predicted molar refractivity (Wildman–Crippen MR) is 104 cm³/mol. The highest BCUT2D eigenvalue weighted by Crippen LogP contribution is 2.30. The largest absolute Gasteiger partial charge is 0.457 e. The van der Waals surface area contributed by atoms with Crippen LogP contribution in [0.3, 0.4) is 0 Å². The van der Waals surface area contributed by atoms with Crippen molar-refractivity contribution in [3.8, 4) is 17.4 Å². The minimum atomic E-state index is -0.447. The fourth-order valence-corrected chi connectivity index (χ4v) is 3.54. The normalized spacial score (nSPS) is 11.4. The summed E-state index contributed by atoms with van der Waals surface area (Å²) >= 11 is 1.45. The Balaban J connectivity index is 1.65. The predicted octanol–water partition coefficient (Wildman–Crippen LogP) is 5.53. The molecular weight excluding hydrogens is 362 g/mol. The average Bonchev–Trinajstić information content (AvgIpc) is 3.33. The third-order valence-electron chi connectivity index (χ3n) is 3.92. The van der Waals surface area contributed by atoms with E-state index in [1.54, 1.807) is 30.3 Å². The standard InChI is InChI=1S/C20H11N3O3S/c21-12-14(20-22-17-3-1-2-4-19(17)27-20)11-16-9-10-18(26-16)13-5-7-15(8-6-13)23(24)25/h1-11H. The number of nitrogens with zero attached hydrogens (tertiary/aromatic N) is 3. The molecular formula is C20H11N3O3S. The van der Waals surface area contributed by atoms with Crippen molar-refractivity contribution in [2.45, 2.75) is 0 Å². The number of fused-ring (bicyclic) bond motifs is 1. The Kier molecular flexibility index (Phi) is 4.24. The molecule has 0 aliphatic heterocycles. The van der Waals surface area contributed by atoms with E-state index in [0.29, 0.717) is 22.1 Å². The van der Waals surface area contributed by atoms with Gasteiger partial charge < -0.3 is 4.42 Å². The van der Waals surface area contributed by atoms with Crippen LogP contribution < -0.4 is 0 Å². The van der Waals surface area contributed by atoms with Crippen LogP contribution in [0.15, 0.2) is 65.1 Å². The van der Waals surface area contributed by atoms with E-state index in [4.69, 9.17) is 4.42 Å². The molecule has 0 fully saturated rings. The van der Waals surface area contributed by atoms with Crippen LogP contribution in [0.25, 0.3) is 33.2 Å². The molecule has 2 aromatic carbocycles. The van der Waals surface area contributed by atoms with Crippen molar-refractivity contribution in [3.63, 3.8) is 0 Å². The summed E-state index contributed by atoms with van der Waals surface area (Å²) in [5.41, 5.74) is 2.01. The molecule has 0 saturated heterocycles. The number of thiazole rings is 1. The molecule has 2 aromatic heterocycles. The zero-order valence-corrected chi connectivity index (χ0v) is 14.6. The van der Waals surface area contributed by atoms with Gasteiger partial charge >= 0.3 is 0 Å². The van der Waals surface area contributed by atoms with Crippen LogP contribution in [0.2, 0.25) is 0 Å². The second-order valence-electron chi connectivity index (χ2n) is 5.66. The van der Waals surface area contributed by atoms with Crippen molar-refractivity contribution in [2.75, 3.05) is 0 Å². The van der Waals surface area contributed by atoms with Gasteiger partial charge in [-0.25, -0.2) is 4.98 Å². The lowest BCUT2D eigenvalue weighted by Crippen LogP contribution is -1.86. The zero-order valence-electron chi connectivity index (χ0n) is 13.8. The van der Waals surface area contributed by atoms with Gasteiger partial charge in [-0.05, 0) is 36.4 Å². The summed E-state index contributed by atoms with van der Waals surface area (Å²) < 4.78 is 6.79. The van der Waals surface area contributed by atoms with Gasteiger partial charge in [-0.3, -0.25) is 10.1 Å². The molecule has 27 heavy (non-hydrogen) atoms. The number of hydrogen-bond acceptors (Lipinski definition) is 6. The first kappa shape index (κ1) is 16.7. The van der Waals surface area contributed by atoms with Crippen molar-refractivity contribution >= 4 is 38.9 Å². The number of non-ortho nitro benzene ring substituents is 1. The summed E-state index contributed by atoms with van der Waals surface area (Å²) in [5, 5.41) is 20.9. The molecule has 7 heteroatoms. The SMILES string of the molecule is N#CC(=Cc1ccc(-c2ccc([N+](=O)[O-])cc2)o1)c1nc2ccccc2s1. The van der Waals surface area contributed by atoms with Crippen LogP contribution in [-0.2, 0) is 0 Å². The lowest BCUT2D eigenvalue weighted by molar-refractivity contribution is -0.384. The van der Waals surface area contributed by atoms with Crippen LogP contribution in [0.5, 0.6) is 0 Å². The summed E-state index contributed by atoms with van der Waals surface area (Å²) in [7, 11) is 0. The minimum Gasteiger partial charge on any atom is -0.457 e. The maximum absolute atomic E-state index is 10.7. The first-order valence-corrected chi connectivity index (χ1v) is 8.78. The van der Waals surface area contributed by atoms with E-state index in [2.05, 4.69) is 11.1 Å². The summed E-state index contributed by atoms with van der Waals surface area (Å²) in [6.45, 7) is 0. The number of allylic oxidation sites excluding steroid dienone is 1. The van der Waals surface area contributed by atoms with Gasteiger partial charge in [0.1, 0.15) is 22.6 Å². The molecule has 6 nitrogen and oxygen atoms in total. The molecule has 130 valence electrons. The van der Waals surface area contributed by atoms with E-state index in [9.17, 15) is 15.4 Å². The van der Waals surface area contributed by atoms with E-state index in [0.717, 1.165) is 15.8 Å². The van der Waals surface area contributed by atoms with Crippen LogP contribution in [0.4, 0.5) is 5.69 Å². The number of nitro groups is 1. The van der Waals surface area contributed by atoms with E-state index in [1.165, 1.54) is 23.5 Å². The van der Waals surface area contributed by atoms with E-state index >= 15 is 0 Å². The summed E-state index contributed by atoms with van der Waals surface area (Å²) in [5.74, 6) is 1.08. The fourth-order valence-electron chi connectivity index (χ4n) is 2.60. The Hall–Kier alpha value is -3.76. The Morgan fingerprint density at radius 1 is 1.15 bits per heavy atom. The molecule has 2 heterocycles. The third-order valence-corrected chi connectivity index (χ3v) is 4.99. The van der Waals surface area contributed by atoms with E-state index < -0.39 is 4.92 Å². The first-order valence-electron chi connectivity index (χ1n) is 7.96. The van der Waals surface area contributed by atoms with Crippen molar-refractivity contribution in [3.05, 3.63) is 81.5 Å². The second-order valence-corrected chi connectivity index (χ2v) is 6.69. The Labute approximate surface area is 157 Å². The maximum Gasteiger partial charge on any atom is 0.269 e. The average molecular weight is 373 g/mol. The molecule has 0 unspecified atom stereocenters. The first-order chi connectivity index (χ1) is 13.1. The molecule has 0 aliphatic carbocycles. The van der Waals surface area contributed by atoms with Gasteiger partial charge in [-0.2, -0.15) is 5.26 Å². The topological polar surface area (TPSA) is 93.0 Å². The highest BCUT2D eigenvalue weighted by Gasteiger charge is 2.11. The molecule has 0 atom stereocenters. The lowest BCUT2D eigenvalue weighted by atomic mass is 10.1.